The molecule has 0 atom stereocenters. The third-order valence-electron chi connectivity index (χ3n) is 2.83. The van der Waals surface area contributed by atoms with Crippen LogP contribution >= 0.6 is 27.3 Å². The molecule has 0 unspecified atom stereocenters. The Morgan fingerprint density at radius 1 is 1.38 bits per heavy atom. The Morgan fingerprint density at radius 3 is 2.71 bits per heavy atom. The summed E-state index contributed by atoms with van der Waals surface area (Å²) >= 11 is 4.58. The first kappa shape index (κ1) is 15.7. The number of nitrogens with zero attached hydrogens (tertiary/aromatic N) is 1. The van der Waals surface area contributed by atoms with Crippen LogP contribution in [0.1, 0.15) is 32.6 Å². The first-order valence-corrected chi connectivity index (χ1v) is 7.67. The van der Waals surface area contributed by atoms with Gasteiger partial charge in [0.25, 0.3) is 0 Å². The molecule has 0 spiro atoms. The van der Waals surface area contributed by atoms with Crippen molar-refractivity contribution >= 4 is 49.8 Å². The first-order valence-electron chi connectivity index (χ1n) is 6.06. The topological polar surface area (TPSA) is 68.3 Å². The molecule has 0 amide bonds. The van der Waals surface area contributed by atoms with E-state index < -0.39 is 5.97 Å². The van der Waals surface area contributed by atoms with Crippen molar-refractivity contribution in [3.05, 3.63) is 38.8 Å². The average Bonchev–Trinajstić information content (AvgIpc) is 2.87. The molecular weight excluding hydrogens is 356 g/mol. The van der Waals surface area contributed by atoms with Crippen molar-refractivity contribution in [2.75, 3.05) is 12.4 Å². The quantitative estimate of drug-likeness (QED) is 0.653. The van der Waals surface area contributed by atoms with Crippen LogP contribution in [0.3, 0.4) is 0 Å². The zero-order chi connectivity index (χ0) is 15.6. The minimum atomic E-state index is -0.615. The predicted octanol–water partition coefficient (Wildman–Crippen LogP) is 3.95. The molecule has 0 saturated carbocycles. The maximum Gasteiger partial charge on any atom is 0.358 e. The molecule has 0 saturated heterocycles. The fourth-order valence-corrected chi connectivity index (χ4v) is 2.93. The second-order valence-corrected chi connectivity index (χ2v) is 6.14. The van der Waals surface area contributed by atoms with Crippen LogP contribution in [-0.4, -0.2) is 23.8 Å². The van der Waals surface area contributed by atoms with Crippen molar-refractivity contribution in [2.24, 2.45) is 0 Å². The van der Waals surface area contributed by atoms with Crippen LogP contribution in [0.25, 0.3) is 0 Å². The van der Waals surface area contributed by atoms with Gasteiger partial charge in [-0.2, -0.15) is 0 Å². The third-order valence-corrected chi connectivity index (χ3v) is 4.77. The number of nitrogens with one attached hydrogen (secondary N) is 1. The Morgan fingerprint density at radius 2 is 2.10 bits per heavy atom. The number of Topliss-reactive ketones (excluding diaryl/α,β-unsaturated/α-hetero) is 1. The van der Waals surface area contributed by atoms with Crippen LogP contribution in [0.15, 0.2) is 22.7 Å². The van der Waals surface area contributed by atoms with E-state index in [1.165, 1.54) is 14.0 Å². The largest absolute Gasteiger partial charge is 0.464 e. The molecule has 2 aromatic rings. The van der Waals surface area contributed by atoms with Crippen LogP contribution in [0.2, 0.25) is 0 Å². The van der Waals surface area contributed by atoms with E-state index in [0.717, 1.165) is 27.1 Å². The second-order valence-electron chi connectivity index (χ2n) is 4.28. The lowest BCUT2D eigenvalue weighted by atomic mass is 10.2. The molecule has 0 fully saturated rings. The first-order chi connectivity index (χ1) is 9.93. The van der Waals surface area contributed by atoms with Crippen LogP contribution < -0.4 is 5.32 Å². The van der Waals surface area contributed by atoms with Crippen LogP contribution in [0, 0.1) is 6.92 Å². The molecule has 0 aliphatic rings. The number of carbonyl (C=O) groups excluding carboxylic acids is 2. The molecular formula is C14H13BrN2O3S. The lowest BCUT2D eigenvalue weighted by Crippen LogP contribution is -2.07. The number of ether oxygens (including phenoxy) is 1. The summed E-state index contributed by atoms with van der Waals surface area (Å²) in [6.45, 7) is 3.35. The van der Waals surface area contributed by atoms with Crippen molar-refractivity contribution in [2.45, 2.75) is 13.8 Å². The van der Waals surface area contributed by atoms with E-state index >= 15 is 0 Å². The number of thiazole rings is 1. The molecule has 1 aromatic heterocycles. The predicted molar refractivity (Wildman–Crippen MR) is 85.6 cm³/mol. The van der Waals surface area contributed by atoms with Crippen LogP contribution in [0.5, 0.6) is 0 Å². The van der Waals surface area contributed by atoms with E-state index in [0.29, 0.717) is 5.13 Å². The van der Waals surface area contributed by atoms with Crippen molar-refractivity contribution < 1.29 is 14.3 Å². The molecule has 110 valence electrons. The summed E-state index contributed by atoms with van der Waals surface area (Å²) in [4.78, 5) is 27.7. The lowest BCUT2D eigenvalue weighted by molar-refractivity contribution is 0.0591. The zero-order valence-corrected chi connectivity index (χ0v) is 14.1. The number of methoxy groups -OCH3 is 1. The molecule has 5 nitrogen and oxygen atoms in total. The Balaban J connectivity index is 2.39. The SMILES string of the molecule is COC(=O)c1nc(Nc2cccc(Br)c2C)sc1C(C)=O. The fraction of sp³-hybridized carbons (Fsp3) is 0.214. The van der Waals surface area contributed by atoms with Crippen molar-refractivity contribution in [1.82, 2.24) is 4.98 Å². The van der Waals surface area contributed by atoms with E-state index in [1.807, 2.05) is 25.1 Å². The van der Waals surface area contributed by atoms with Gasteiger partial charge in [0, 0.05) is 17.1 Å². The van der Waals surface area contributed by atoms with E-state index in [4.69, 9.17) is 0 Å². The number of ketones is 1. The van der Waals surface area contributed by atoms with E-state index in [1.54, 1.807) is 0 Å². The molecule has 2 rings (SSSR count). The average molecular weight is 369 g/mol. The van der Waals surface area contributed by atoms with Gasteiger partial charge >= 0.3 is 5.97 Å². The number of hydrogen-bond acceptors (Lipinski definition) is 6. The highest BCUT2D eigenvalue weighted by molar-refractivity contribution is 9.10. The fourth-order valence-electron chi connectivity index (χ4n) is 1.71. The molecule has 0 aliphatic carbocycles. The highest BCUT2D eigenvalue weighted by Crippen LogP contribution is 2.30. The number of aromatic nitrogens is 1. The third kappa shape index (κ3) is 3.30. The number of benzene rings is 1. The summed E-state index contributed by atoms with van der Waals surface area (Å²) in [6.07, 6.45) is 0. The molecule has 21 heavy (non-hydrogen) atoms. The number of hydrogen-bond donors (Lipinski definition) is 1. The Hall–Kier alpha value is -1.73. The van der Waals surface area contributed by atoms with Gasteiger partial charge in [-0.05, 0) is 24.6 Å². The highest BCUT2D eigenvalue weighted by Gasteiger charge is 2.22. The minimum absolute atomic E-state index is 0.0464. The maximum atomic E-state index is 11.7. The smallest absolute Gasteiger partial charge is 0.358 e. The van der Waals surface area contributed by atoms with Gasteiger partial charge in [0.05, 0.1) is 7.11 Å². The standard InChI is InChI=1S/C14H13BrN2O3S/c1-7-9(15)5-4-6-10(7)16-14-17-11(13(19)20-3)12(21-14)8(2)18/h4-6H,1-3H3,(H,16,17). The highest BCUT2D eigenvalue weighted by atomic mass is 79.9. The second kappa shape index (κ2) is 6.36. The normalized spacial score (nSPS) is 10.3. The number of halogens is 1. The molecule has 0 bridgehead atoms. The van der Waals surface area contributed by atoms with Crippen molar-refractivity contribution in [3.63, 3.8) is 0 Å². The summed E-state index contributed by atoms with van der Waals surface area (Å²) in [5.41, 5.74) is 1.91. The monoisotopic (exact) mass is 368 g/mol. The van der Waals surface area contributed by atoms with Crippen molar-refractivity contribution in [3.8, 4) is 0 Å². The van der Waals surface area contributed by atoms with E-state index in [2.05, 4.69) is 31.0 Å². The summed E-state index contributed by atoms with van der Waals surface area (Å²) in [5, 5.41) is 3.60. The molecule has 1 aromatic carbocycles. The molecule has 1 N–H and O–H groups in total. The van der Waals surface area contributed by atoms with Crippen LogP contribution in [0.4, 0.5) is 10.8 Å². The minimum Gasteiger partial charge on any atom is -0.464 e. The zero-order valence-electron chi connectivity index (χ0n) is 11.7. The van der Waals surface area contributed by atoms with Gasteiger partial charge in [-0.3, -0.25) is 4.79 Å². The number of anilines is 2. The van der Waals surface area contributed by atoms with Crippen molar-refractivity contribution in [1.29, 1.82) is 0 Å². The molecule has 7 heteroatoms. The molecule has 0 aliphatic heterocycles. The van der Waals surface area contributed by atoms with E-state index in [-0.39, 0.29) is 16.4 Å². The summed E-state index contributed by atoms with van der Waals surface area (Å²) in [5.74, 6) is -0.831. The van der Waals surface area contributed by atoms with Gasteiger partial charge in [0.1, 0.15) is 4.88 Å². The Labute approximate surface area is 134 Å². The lowest BCUT2D eigenvalue weighted by Gasteiger charge is -2.07. The van der Waals surface area contributed by atoms with Gasteiger partial charge in [-0.25, -0.2) is 9.78 Å². The van der Waals surface area contributed by atoms with Gasteiger partial charge in [-0.1, -0.05) is 33.3 Å². The number of esters is 1. The Bertz CT molecular complexity index is 712. The molecule has 0 radical (unpaired) electrons. The van der Waals surface area contributed by atoms with Gasteiger partial charge in [0.2, 0.25) is 0 Å². The van der Waals surface area contributed by atoms with Gasteiger partial charge < -0.3 is 10.1 Å². The summed E-state index contributed by atoms with van der Waals surface area (Å²) < 4.78 is 5.61. The van der Waals surface area contributed by atoms with E-state index in [9.17, 15) is 9.59 Å². The van der Waals surface area contributed by atoms with Crippen LogP contribution in [-0.2, 0) is 4.74 Å². The maximum absolute atomic E-state index is 11.7. The number of rotatable bonds is 4. The van der Waals surface area contributed by atoms with Gasteiger partial charge in [-0.15, -0.1) is 0 Å². The molecule has 1 heterocycles. The summed E-state index contributed by atoms with van der Waals surface area (Å²) in [7, 11) is 1.26. The summed E-state index contributed by atoms with van der Waals surface area (Å²) in [6, 6.07) is 5.72. The Kier molecular flexibility index (Phi) is 4.74. The number of carbonyl (C=O) groups is 2. The van der Waals surface area contributed by atoms with Gasteiger partial charge in [0.15, 0.2) is 16.6 Å².